The van der Waals surface area contributed by atoms with Crippen molar-refractivity contribution in [2.75, 3.05) is 12.1 Å². The number of nitrogens with one attached hydrogen (secondary N) is 1. The van der Waals surface area contributed by atoms with Crippen LogP contribution in [0.15, 0.2) is 42.5 Å². The zero-order valence-electron chi connectivity index (χ0n) is 19.5. The predicted octanol–water partition coefficient (Wildman–Crippen LogP) is 9.44. The molecule has 0 spiro atoms. The molecule has 0 atom stereocenters. The Balaban J connectivity index is 1.33. The van der Waals surface area contributed by atoms with Gasteiger partial charge in [0.25, 0.3) is 0 Å². The van der Waals surface area contributed by atoms with Crippen molar-refractivity contribution in [2.24, 2.45) is 0 Å². The first-order chi connectivity index (χ1) is 14.9. The molecule has 2 heteroatoms. The molecule has 0 heterocycles. The summed E-state index contributed by atoms with van der Waals surface area (Å²) >= 11 is 0. The molecule has 0 fully saturated rings. The highest BCUT2D eigenvalue weighted by Gasteiger charge is 1.99. The monoisotopic (exact) mass is 411 g/mol. The molecular weight excluding hydrogens is 366 g/mol. The van der Waals surface area contributed by atoms with Gasteiger partial charge in [0.2, 0.25) is 0 Å². The summed E-state index contributed by atoms with van der Waals surface area (Å²) in [6, 6.07) is 14.7. The molecule has 30 heavy (non-hydrogen) atoms. The average molecular weight is 412 g/mol. The van der Waals surface area contributed by atoms with Gasteiger partial charge in [-0.05, 0) is 17.9 Å². The van der Waals surface area contributed by atoms with E-state index in [1.54, 1.807) is 0 Å². The van der Waals surface area contributed by atoms with Gasteiger partial charge in [-0.2, -0.15) is 0 Å². The zero-order chi connectivity index (χ0) is 21.1. The summed E-state index contributed by atoms with van der Waals surface area (Å²) in [5.74, 6) is 0. The van der Waals surface area contributed by atoms with Crippen molar-refractivity contribution < 1.29 is 4.84 Å². The molecule has 0 aliphatic carbocycles. The topological polar surface area (TPSA) is 21.3 Å². The predicted molar refractivity (Wildman–Crippen MR) is 133 cm³/mol. The second-order valence-corrected chi connectivity index (χ2v) is 8.78. The van der Waals surface area contributed by atoms with E-state index in [1.165, 1.54) is 107 Å². The van der Waals surface area contributed by atoms with E-state index >= 15 is 0 Å². The van der Waals surface area contributed by atoms with Crippen molar-refractivity contribution in [1.82, 2.24) is 0 Å². The van der Waals surface area contributed by atoms with E-state index in [1.807, 2.05) is 0 Å². The van der Waals surface area contributed by atoms with Crippen LogP contribution in [0.25, 0.3) is 10.8 Å². The molecule has 1 N–H and O–H groups in total. The fourth-order valence-electron chi connectivity index (χ4n) is 4.17. The van der Waals surface area contributed by atoms with Gasteiger partial charge in [-0.1, -0.05) is 140 Å². The van der Waals surface area contributed by atoms with Crippen LogP contribution in [0.2, 0.25) is 0 Å². The molecule has 0 saturated heterocycles. The smallest absolute Gasteiger partial charge is 0.0746 e. The van der Waals surface area contributed by atoms with Gasteiger partial charge in [0.05, 0.1) is 12.3 Å². The minimum atomic E-state index is 0.779. The van der Waals surface area contributed by atoms with Crippen LogP contribution in [0.5, 0.6) is 0 Å². The van der Waals surface area contributed by atoms with Crippen LogP contribution in [0.3, 0.4) is 0 Å². The van der Waals surface area contributed by atoms with E-state index in [0.717, 1.165) is 18.7 Å². The van der Waals surface area contributed by atoms with E-state index in [-0.39, 0.29) is 0 Å². The number of rotatable bonds is 19. The highest BCUT2D eigenvalue weighted by atomic mass is 16.6. The van der Waals surface area contributed by atoms with E-state index in [2.05, 4.69) is 54.9 Å². The van der Waals surface area contributed by atoms with Crippen molar-refractivity contribution >= 4 is 16.5 Å². The molecule has 168 valence electrons. The lowest BCUT2D eigenvalue weighted by molar-refractivity contribution is 0.188. The first kappa shape index (κ1) is 24.7. The lowest BCUT2D eigenvalue weighted by atomic mass is 10.0. The lowest BCUT2D eigenvalue weighted by Gasteiger charge is -2.10. The maximum Gasteiger partial charge on any atom is 0.0746 e. The van der Waals surface area contributed by atoms with E-state index < -0.39 is 0 Å². The molecule has 0 amide bonds. The lowest BCUT2D eigenvalue weighted by Crippen LogP contribution is -2.03. The Labute approximate surface area is 185 Å². The molecule has 2 nitrogen and oxygen atoms in total. The molecule has 0 unspecified atom stereocenters. The fraction of sp³-hybridized carbons (Fsp3) is 0.643. The molecule has 2 rings (SSSR count). The van der Waals surface area contributed by atoms with Crippen LogP contribution >= 0.6 is 0 Å². The standard InChI is InChI=1S/C28H45NO/c1-2-3-4-5-6-7-8-9-10-11-12-13-14-15-16-19-25-30-29-28-24-20-22-26-21-17-18-23-27(26)28/h17-18,20-24,29H,2-16,19,25H2,1H3. The van der Waals surface area contributed by atoms with Crippen molar-refractivity contribution in [1.29, 1.82) is 0 Å². The van der Waals surface area contributed by atoms with Gasteiger partial charge >= 0.3 is 0 Å². The van der Waals surface area contributed by atoms with Crippen molar-refractivity contribution in [3.8, 4) is 0 Å². The Morgan fingerprint density at radius 3 is 1.67 bits per heavy atom. The largest absolute Gasteiger partial charge is 0.276 e. The highest BCUT2D eigenvalue weighted by Crippen LogP contribution is 2.23. The Hall–Kier alpha value is -1.54. The molecule has 0 bridgehead atoms. The van der Waals surface area contributed by atoms with Crippen LogP contribution in [0.4, 0.5) is 5.69 Å². The van der Waals surface area contributed by atoms with Gasteiger partial charge < -0.3 is 0 Å². The van der Waals surface area contributed by atoms with Gasteiger partial charge in [0.1, 0.15) is 0 Å². The molecule has 2 aromatic carbocycles. The van der Waals surface area contributed by atoms with Crippen LogP contribution in [-0.2, 0) is 4.84 Å². The van der Waals surface area contributed by atoms with Crippen molar-refractivity contribution in [3.63, 3.8) is 0 Å². The van der Waals surface area contributed by atoms with Crippen LogP contribution < -0.4 is 5.48 Å². The summed E-state index contributed by atoms with van der Waals surface area (Å²) in [6.07, 6.45) is 22.4. The number of hydrogen-bond acceptors (Lipinski definition) is 2. The molecule has 0 aliphatic heterocycles. The first-order valence-electron chi connectivity index (χ1n) is 12.8. The molecular formula is C28H45NO. The summed E-state index contributed by atoms with van der Waals surface area (Å²) in [4.78, 5) is 5.70. The molecule has 0 aliphatic rings. The summed E-state index contributed by atoms with van der Waals surface area (Å²) in [7, 11) is 0. The minimum absolute atomic E-state index is 0.779. The summed E-state index contributed by atoms with van der Waals surface area (Å²) < 4.78 is 0. The van der Waals surface area contributed by atoms with Gasteiger partial charge in [-0.25, -0.2) is 0 Å². The third kappa shape index (κ3) is 11.0. The number of unbranched alkanes of at least 4 members (excludes halogenated alkanes) is 15. The average Bonchev–Trinajstić information content (AvgIpc) is 2.78. The molecule has 0 saturated carbocycles. The van der Waals surface area contributed by atoms with Gasteiger partial charge in [0, 0.05) is 5.39 Å². The SMILES string of the molecule is CCCCCCCCCCCCCCCCCCONc1cccc2ccccc12. The van der Waals surface area contributed by atoms with E-state index in [0.29, 0.717) is 0 Å². The maximum absolute atomic E-state index is 5.70. The summed E-state index contributed by atoms with van der Waals surface area (Å²) in [5, 5.41) is 2.46. The van der Waals surface area contributed by atoms with Gasteiger partial charge in [0.15, 0.2) is 0 Å². The number of anilines is 1. The van der Waals surface area contributed by atoms with Crippen molar-refractivity contribution in [2.45, 2.75) is 110 Å². The zero-order valence-corrected chi connectivity index (χ0v) is 19.5. The second kappa shape index (κ2) is 17.2. The van der Waals surface area contributed by atoms with Gasteiger partial charge in [-0.15, -0.1) is 0 Å². The second-order valence-electron chi connectivity index (χ2n) is 8.78. The Bertz CT molecular complexity index is 649. The number of hydrogen-bond donors (Lipinski definition) is 1. The quantitative estimate of drug-likeness (QED) is 0.183. The Kier molecular flexibility index (Phi) is 14.2. The summed E-state index contributed by atoms with van der Waals surface area (Å²) in [6.45, 7) is 3.07. The van der Waals surface area contributed by atoms with Crippen LogP contribution in [-0.4, -0.2) is 6.61 Å². The number of fused-ring (bicyclic) bond motifs is 1. The molecule has 0 aromatic heterocycles. The van der Waals surface area contributed by atoms with Crippen LogP contribution in [0.1, 0.15) is 110 Å². The fourth-order valence-corrected chi connectivity index (χ4v) is 4.17. The number of benzene rings is 2. The third-order valence-corrected chi connectivity index (χ3v) is 6.07. The third-order valence-electron chi connectivity index (χ3n) is 6.07. The highest BCUT2D eigenvalue weighted by molar-refractivity contribution is 5.93. The van der Waals surface area contributed by atoms with Gasteiger partial charge in [-0.3, -0.25) is 10.3 Å². The Morgan fingerprint density at radius 1 is 0.567 bits per heavy atom. The summed E-state index contributed by atoms with van der Waals surface area (Å²) in [5.41, 5.74) is 4.20. The first-order valence-corrected chi connectivity index (χ1v) is 12.8. The van der Waals surface area contributed by atoms with Crippen molar-refractivity contribution in [3.05, 3.63) is 42.5 Å². The van der Waals surface area contributed by atoms with E-state index in [9.17, 15) is 0 Å². The Morgan fingerprint density at radius 2 is 1.07 bits per heavy atom. The normalized spacial score (nSPS) is 11.2. The minimum Gasteiger partial charge on any atom is -0.276 e. The maximum atomic E-state index is 5.70. The van der Waals surface area contributed by atoms with Crippen LogP contribution in [0, 0.1) is 0 Å². The molecule has 2 aromatic rings. The van der Waals surface area contributed by atoms with E-state index in [4.69, 9.17) is 4.84 Å². The molecule has 0 radical (unpaired) electrons.